The van der Waals surface area contributed by atoms with Gasteiger partial charge in [0.25, 0.3) is 5.92 Å². The molecule has 0 aromatic heterocycles. The van der Waals surface area contributed by atoms with Crippen molar-refractivity contribution in [1.29, 1.82) is 0 Å². The third-order valence-electron chi connectivity index (χ3n) is 2.32. The van der Waals surface area contributed by atoms with E-state index >= 15 is 0 Å². The molecule has 1 rings (SSSR count). The van der Waals surface area contributed by atoms with Crippen molar-refractivity contribution in [1.82, 2.24) is 5.32 Å². The molecule has 1 aromatic carbocycles. The van der Waals surface area contributed by atoms with Crippen molar-refractivity contribution < 1.29 is 8.78 Å². The van der Waals surface area contributed by atoms with Gasteiger partial charge in [-0.15, -0.1) is 0 Å². The first kappa shape index (κ1) is 12.6. The van der Waals surface area contributed by atoms with Gasteiger partial charge in [0.1, 0.15) is 0 Å². The van der Waals surface area contributed by atoms with Gasteiger partial charge in [0.2, 0.25) is 0 Å². The minimum atomic E-state index is -2.80. The predicted molar refractivity (Wildman–Crippen MR) is 61.2 cm³/mol. The first-order chi connectivity index (χ1) is 6.97. The molecule has 0 fully saturated rings. The Hall–Kier alpha value is -0.480. The molecule has 0 bridgehead atoms. The van der Waals surface area contributed by atoms with Gasteiger partial charge in [0.05, 0.1) is 0 Å². The van der Waals surface area contributed by atoms with Gasteiger partial charge in [-0.25, -0.2) is 8.78 Å². The summed E-state index contributed by atoms with van der Waals surface area (Å²) in [6.07, 6.45) is -0.202. The van der Waals surface area contributed by atoms with Crippen LogP contribution in [0.5, 0.6) is 0 Å². The average Bonchev–Trinajstić information content (AvgIpc) is 2.17. The van der Waals surface area contributed by atoms with Crippen LogP contribution in [0.3, 0.4) is 0 Å². The lowest BCUT2D eigenvalue weighted by Gasteiger charge is -2.21. The average molecular weight is 278 g/mol. The molecule has 1 unspecified atom stereocenters. The molecule has 0 saturated carbocycles. The van der Waals surface area contributed by atoms with Gasteiger partial charge >= 0.3 is 0 Å². The second-order valence-electron chi connectivity index (χ2n) is 3.58. The fraction of sp³-hybridized carbons (Fsp3) is 0.455. The molecule has 0 aliphatic heterocycles. The lowest BCUT2D eigenvalue weighted by Crippen LogP contribution is -2.29. The van der Waals surface area contributed by atoms with Gasteiger partial charge in [0.15, 0.2) is 0 Å². The zero-order valence-corrected chi connectivity index (χ0v) is 10.3. The zero-order chi connectivity index (χ0) is 11.5. The number of alkyl halides is 2. The van der Waals surface area contributed by atoms with Crippen molar-refractivity contribution in [3.63, 3.8) is 0 Å². The summed E-state index contributed by atoms with van der Waals surface area (Å²) in [5.74, 6) is -2.80. The molecule has 0 spiro atoms. The van der Waals surface area contributed by atoms with Crippen molar-refractivity contribution in [3.05, 3.63) is 34.3 Å². The highest BCUT2D eigenvalue weighted by Crippen LogP contribution is 2.36. The Morgan fingerprint density at radius 2 is 2.00 bits per heavy atom. The topological polar surface area (TPSA) is 12.0 Å². The highest BCUT2D eigenvalue weighted by molar-refractivity contribution is 9.10. The minimum absolute atomic E-state index is 0.0482. The van der Waals surface area contributed by atoms with Crippen LogP contribution >= 0.6 is 15.9 Å². The Bertz CT molecular complexity index is 328. The Morgan fingerprint density at radius 3 is 2.53 bits per heavy atom. The summed E-state index contributed by atoms with van der Waals surface area (Å²) in [5, 5.41) is 2.81. The minimum Gasteiger partial charge on any atom is -0.317 e. The molecule has 1 nitrogen and oxygen atoms in total. The second kappa shape index (κ2) is 5.03. The fourth-order valence-electron chi connectivity index (χ4n) is 1.35. The first-order valence-electron chi connectivity index (χ1n) is 4.77. The molecule has 1 N–H and O–H groups in total. The number of hydrogen-bond donors (Lipinski definition) is 1. The third-order valence-corrected chi connectivity index (χ3v) is 3.01. The molecular formula is C11H14BrF2N. The highest BCUT2D eigenvalue weighted by Gasteiger charge is 2.34. The molecular weight excluding hydrogens is 264 g/mol. The molecule has 84 valence electrons. The monoisotopic (exact) mass is 277 g/mol. The van der Waals surface area contributed by atoms with E-state index in [1.54, 1.807) is 32.2 Å². The van der Waals surface area contributed by atoms with E-state index in [1.807, 2.05) is 0 Å². The molecule has 0 heterocycles. The van der Waals surface area contributed by atoms with E-state index in [-0.39, 0.29) is 18.0 Å². The second-order valence-corrected chi connectivity index (χ2v) is 4.43. The van der Waals surface area contributed by atoms with E-state index < -0.39 is 5.92 Å². The Balaban J connectivity index is 2.90. The Morgan fingerprint density at radius 1 is 1.40 bits per heavy atom. The normalized spacial score (nSPS) is 13.9. The molecule has 0 amide bonds. The lowest BCUT2D eigenvalue weighted by atomic mass is 10.0. The summed E-state index contributed by atoms with van der Waals surface area (Å²) in [4.78, 5) is 0. The molecule has 0 saturated heterocycles. The Kier molecular flexibility index (Phi) is 4.22. The van der Waals surface area contributed by atoms with Crippen molar-refractivity contribution in [2.24, 2.45) is 0 Å². The van der Waals surface area contributed by atoms with Crippen LogP contribution in [-0.2, 0) is 5.92 Å². The molecule has 15 heavy (non-hydrogen) atoms. The van der Waals surface area contributed by atoms with Crippen molar-refractivity contribution in [2.75, 3.05) is 7.05 Å². The zero-order valence-electron chi connectivity index (χ0n) is 8.73. The maximum atomic E-state index is 13.8. The van der Waals surface area contributed by atoms with E-state index in [4.69, 9.17) is 0 Å². The summed E-state index contributed by atoms with van der Waals surface area (Å²) < 4.78 is 28.0. The highest BCUT2D eigenvalue weighted by atomic mass is 79.9. The van der Waals surface area contributed by atoms with Crippen LogP contribution in [0, 0.1) is 0 Å². The summed E-state index contributed by atoms with van der Waals surface area (Å²) in [6.45, 7) is 1.74. The van der Waals surface area contributed by atoms with E-state index in [0.29, 0.717) is 4.47 Å². The summed E-state index contributed by atoms with van der Waals surface area (Å²) in [5.41, 5.74) is 0.0482. The van der Waals surface area contributed by atoms with Crippen LogP contribution in [-0.4, -0.2) is 13.1 Å². The van der Waals surface area contributed by atoms with Crippen LogP contribution in [0.25, 0.3) is 0 Å². The predicted octanol–water partition coefficient (Wildman–Crippen LogP) is 3.54. The van der Waals surface area contributed by atoms with Crippen molar-refractivity contribution in [3.8, 4) is 0 Å². The van der Waals surface area contributed by atoms with Crippen LogP contribution < -0.4 is 5.32 Å². The van der Waals surface area contributed by atoms with Gasteiger partial charge in [-0.3, -0.25) is 0 Å². The summed E-state index contributed by atoms with van der Waals surface area (Å²) >= 11 is 3.14. The van der Waals surface area contributed by atoms with Crippen LogP contribution in [0.1, 0.15) is 18.9 Å². The maximum absolute atomic E-state index is 13.8. The summed E-state index contributed by atoms with van der Waals surface area (Å²) in [7, 11) is 1.68. The van der Waals surface area contributed by atoms with E-state index in [0.717, 1.165) is 0 Å². The quantitative estimate of drug-likeness (QED) is 0.888. The molecule has 1 atom stereocenters. The molecule has 1 aromatic rings. The van der Waals surface area contributed by atoms with Gasteiger partial charge < -0.3 is 5.32 Å². The van der Waals surface area contributed by atoms with Crippen LogP contribution in [0.15, 0.2) is 28.7 Å². The standard InChI is InChI=1S/C11H14BrF2N/c1-8(15-2)7-11(13,14)9-5-3-4-6-10(9)12/h3-6,8,15H,7H2,1-2H3. The van der Waals surface area contributed by atoms with E-state index in [9.17, 15) is 8.78 Å². The molecule has 0 aliphatic carbocycles. The number of halogens is 3. The first-order valence-corrected chi connectivity index (χ1v) is 5.57. The number of rotatable bonds is 4. The van der Waals surface area contributed by atoms with Crippen LogP contribution in [0.4, 0.5) is 8.78 Å². The van der Waals surface area contributed by atoms with E-state index in [2.05, 4.69) is 21.2 Å². The fourth-order valence-corrected chi connectivity index (χ4v) is 1.93. The Labute approximate surface area is 97.0 Å². The van der Waals surface area contributed by atoms with Gasteiger partial charge in [-0.05, 0) is 20.0 Å². The smallest absolute Gasteiger partial charge is 0.275 e. The SMILES string of the molecule is CNC(C)CC(F)(F)c1ccccc1Br. The maximum Gasteiger partial charge on any atom is 0.275 e. The molecule has 0 aliphatic rings. The largest absolute Gasteiger partial charge is 0.317 e. The number of benzene rings is 1. The van der Waals surface area contributed by atoms with Gasteiger partial charge in [0, 0.05) is 22.5 Å². The van der Waals surface area contributed by atoms with Gasteiger partial charge in [-0.1, -0.05) is 34.1 Å². The van der Waals surface area contributed by atoms with Crippen molar-refractivity contribution in [2.45, 2.75) is 25.3 Å². The molecule has 0 radical (unpaired) electrons. The van der Waals surface area contributed by atoms with Crippen molar-refractivity contribution >= 4 is 15.9 Å². The number of nitrogens with one attached hydrogen (secondary N) is 1. The third kappa shape index (κ3) is 3.24. The van der Waals surface area contributed by atoms with Gasteiger partial charge in [-0.2, -0.15) is 0 Å². The summed E-state index contributed by atoms with van der Waals surface area (Å²) in [6, 6.07) is 6.22. The lowest BCUT2D eigenvalue weighted by molar-refractivity contribution is -0.0214. The molecule has 4 heteroatoms. The van der Waals surface area contributed by atoms with Crippen LogP contribution in [0.2, 0.25) is 0 Å². The number of hydrogen-bond acceptors (Lipinski definition) is 1. The van der Waals surface area contributed by atoms with E-state index in [1.165, 1.54) is 6.07 Å².